The summed E-state index contributed by atoms with van der Waals surface area (Å²) in [4.78, 5) is 12.5. The molecule has 0 aliphatic heterocycles. The van der Waals surface area contributed by atoms with E-state index >= 15 is 0 Å². The molecule has 2 nitrogen and oxygen atoms in total. The molecule has 0 aromatic rings. The van der Waals surface area contributed by atoms with Crippen LogP contribution in [0.1, 0.15) is 144 Å². The zero-order valence-corrected chi connectivity index (χ0v) is 27.5. The third kappa shape index (κ3) is 6.38. The average Bonchev–Trinajstić information content (AvgIpc) is 3.24. The first kappa shape index (κ1) is 30.9. The highest BCUT2D eigenvalue weighted by molar-refractivity contribution is 9.09. The van der Waals surface area contributed by atoms with Crippen LogP contribution < -0.4 is 0 Å². The minimum atomic E-state index is 0.0556. The molecule has 4 aliphatic carbocycles. The smallest absolute Gasteiger partial charge is 0.306 e. The summed E-state index contributed by atoms with van der Waals surface area (Å²) in [5.41, 5.74) is 1.04. The van der Waals surface area contributed by atoms with E-state index in [-0.39, 0.29) is 12.1 Å². The van der Waals surface area contributed by atoms with Gasteiger partial charge in [-0.1, -0.05) is 76.7 Å². The maximum atomic E-state index is 12.5. The quantitative estimate of drug-likeness (QED) is 0.128. The molecule has 4 saturated carbocycles. The molecule has 3 heteroatoms. The second-order valence-electron chi connectivity index (χ2n) is 15.2. The lowest BCUT2D eigenvalue weighted by molar-refractivity contribution is -0.162. The van der Waals surface area contributed by atoms with Crippen molar-refractivity contribution in [1.29, 1.82) is 0 Å². The van der Waals surface area contributed by atoms with Crippen LogP contribution in [0.2, 0.25) is 0 Å². The summed E-state index contributed by atoms with van der Waals surface area (Å²) in [6.07, 6.45) is 20.4. The highest BCUT2D eigenvalue weighted by Crippen LogP contribution is 2.68. The Morgan fingerprint density at radius 1 is 0.895 bits per heavy atom. The summed E-state index contributed by atoms with van der Waals surface area (Å²) in [7, 11) is 0. The number of hydrogen-bond donors (Lipinski definition) is 0. The van der Waals surface area contributed by atoms with Gasteiger partial charge in [0.05, 0.1) is 0 Å². The second-order valence-corrected chi connectivity index (χ2v) is 16.0. The first-order chi connectivity index (χ1) is 18.1. The number of halogens is 1. The minimum absolute atomic E-state index is 0.0556. The molecule has 0 radical (unpaired) electrons. The summed E-state index contributed by atoms with van der Waals surface area (Å²) in [6, 6.07) is 0. The van der Waals surface area contributed by atoms with Crippen LogP contribution in [-0.4, -0.2) is 17.4 Å². The van der Waals surface area contributed by atoms with Crippen LogP contribution in [0, 0.1) is 58.2 Å². The van der Waals surface area contributed by atoms with Gasteiger partial charge in [0.1, 0.15) is 6.10 Å². The number of hydrogen-bond acceptors (Lipinski definition) is 2. The maximum absolute atomic E-state index is 12.5. The third-order valence-corrected chi connectivity index (χ3v) is 13.7. The van der Waals surface area contributed by atoms with Gasteiger partial charge < -0.3 is 4.74 Å². The molecule has 4 aliphatic rings. The van der Waals surface area contributed by atoms with Crippen molar-refractivity contribution in [2.45, 2.75) is 150 Å². The van der Waals surface area contributed by atoms with Gasteiger partial charge in [0, 0.05) is 11.8 Å². The lowest BCUT2D eigenvalue weighted by Crippen LogP contribution is -2.54. The van der Waals surface area contributed by atoms with E-state index < -0.39 is 0 Å². The number of fused-ring (bicyclic) bond motifs is 5. The molecule has 0 unspecified atom stereocenters. The molecule has 4 fully saturated rings. The van der Waals surface area contributed by atoms with Crippen molar-refractivity contribution in [2.24, 2.45) is 58.2 Å². The summed E-state index contributed by atoms with van der Waals surface area (Å²) >= 11 is 3.49. The fraction of sp³-hybridized carbons (Fsp3) is 0.971. The van der Waals surface area contributed by atoms with Crippen LogP contribution in [-0.2, 0) is 9.53 Å². The molecule has 0 bridgehead atoms. The molecule has 4 rings (SSSR count). The Labute approximate surface area is 244 Å². The molecule has 38 heavy (non-hydrogen) atoms. The maximum Gasteiger partial charge on any atom is 0.306 e. The van der Waals surface area contributed by atoms with Gasteiger partial charge in [0.25, 0.3) is 0 Å². The average molecular weight is 594 g/mol. The third-order valence-electron chi connectivity index (χ3n) is 13.2. The Balaban J connectivity index is 1.33. The van der Waals surface area contributed by atoms with Crippen molar-refractivity contribution >= 4 is 21.9 Å². The number of alkyl halides is 1. The monoisotopic (exact) mass is 592 g/mol. The SMILES string of the molecule is CC[C@H](CC[C@@H](C)[C@H]1CC[C@H]2[C@@H]3CC[C@H]4C[C@@H](OC(=O)CCCCCBr)CC[C@]4(C)[C@H]3CC[C@]12C)C(C)C. The number of unbranched alkanes of at least 4 members (excludes halogenated alkanes) is 2. The molecule has 0 amide bonds. The Bertz CT molecular complexity index is 765. The molecule has 0 heterocycles. The van der Waals surface area contributed by atoms with Gasteiger partial charge in [0.2, 0.25) is 0 Å². The van der Waals surface area contributed by atoms with Crippen molar-refractivity contribution < 1.29 is 9.53 Å². The van der Waals surface area contributed by atoms with Crippen LogP contribution in [0.4, 0.5) is 0 Å². The number of esters is 1. The van der Waals surface area contributed by atoms with E-state index in [9.17, 15) is 4.79 Å². The fourth-order valence-electron chi connectivity index (χ4n) is 10.8. The van der Waals surface area contributed by atoms with Crippen molar-refractivity contribution in [2.75, 3.05) is 5.33 Å². The van der Waals surface area contributed by atoms with Gasteiger partial charge in [-0.3, -0.25) is 4.79 Å². The van der Waals surface area contributed by atoms with Gasteiger partial charge in [-0.05, 0) is 135 Å². The number of carbonyl (C=O) groups excluding carboxylic acids is 1. The molecule has 220 valence electrons. The fourth-order valence-corrected chi connectivity index (χ4v) is 11.2. The van der Waals surface area contributed by atoms with Crippen LogP contribution in [0.3, 0.4) is 0 Å². The van der Waals surface area contributed by atoms with Crippen LogP contribution in [0.15, 0.2) is 0 Å². The molecule has 0 aromatic carbocycles. The van der Waals surface area contributed by atoms with Gasteiger partial charge in [-0.2, -0.15) is 0 Å². The predicted octanol–water partition coefficient (Wildman–Crippen LogP) is 10.6. The second kappa shape index (κ2) is 13.3. The Hall–Kier alpha value is -0.0500. The van der Waals surface area contributed by atoms with Crippen LogP contribution >= 0.6 is 15.9 Å². The van der Waals surface area contributed by atoms with E-state index in [1.807, 2.05) is 0 Å². The van der Waals surface area contributed by atoms with Gasteiger partial charge in [-0.15, -0.1) is 0 Å². The number of rotatable bonds is 12. The summed E-state index contributed by atoms with van der Waals surface area (Å²) in [5, 5.41) is 1.03. The molecular weight excluding hydrogens is 532 g/mol. The minimum Gasteiger partial charge on any atom is -0.462 e. The van der Waals surface area contributed by atoms with E-state index in [4.69, 9.17) is 4.74 Å². The van der Waals surface area contributed by atoms with Crippen LogP contribution in [0.5, 0.6) is 0 Å². The van der Waals surface area contributed by atoms with E-state index in [1.165, 1.54) is 64.2 Å². The number of carbonyl (C=O) groups is 1. The van der Waals surface area contributed by atoms with Crippen molar-refractivity contribution in [1.82, 2.24) is 0 Å². The molecule has 0 N–H and O–H groups in total. The Morgan fingerprint density at radius 3 is 2.34 bits per heavy atom. The van der Waals surface area contributed by atoms with Crippen LogP contribution in [0.25, 0.3) is 0 Å². The lowest BCUT2D eigenvalue weighted by Gasteiger charge is -2.61. The van der Waals surface area contributed by atoms with Crippen molar-refractivity contribution in [3.05, 3.63) is 0 Å². The van der Waals surface area contributed by atoms with Crippen molar-refractivity contribution in [3.63, 3.8) is 0 Å². The molecule has 0 spiro atoms. The summed E-state index contributed by atoms with van der Waals surface area (Å²) in [6.45, 7) is 15.2. The first-order valence-electron chi connectivity index (χ1n) is 16.9. The highest BCUT2D eigenvalue weighted by atomic mass is 79.9. The Morgan fingerprint density at radius 2 is 1.63 bits per heavy atom. The molecule has 10 atom stereocenters. The highest BCUT2D eigenvalue weighted by Gasteiger charge is 2.60. The van der Waals surface area contributed by atoms with Crippen molar-refractivity contribution in [3.8, 4) is 0 Å². The van der Waals surface area contributed by atoms with E-state index in [2.05, 4.69) is 57.5 Å². The van der Waals surface area contributed by atoms with E-state index in [1.54, 1.807) is 0 Å². The van der Waals surface area contributed by atoms with Gasteiger partial charge in [0.15, 0.2) is 0 Å². The Kier molecular flexibility index (Phi) is 10.8. The summed E-state index contributed by atoms with van der Waals surface area (Å²) < 4.78 is 6.04. The lowest BCUT2D eigenvalue weighted by atomic mass is 9.44. The first-order valence-corrected chi connectivity index (χ1v) is 18.0. The topological polar surface area (TPSA) is 26.3 Å². The van der Waals surface area contributed by atoms with Gasteiger partial charge >= 0.3 is 5.97 Å². The largest absolute Gasteiger partial charge is 0.462 e. The standard InChI is InChI=1S/C35H61BrO2/c1-7-26(24(2)3)13-12-25(4)30-16-17-31-29-15-14-27-23-28(38-33(37)11-9-8-10-22-36)18-20-34(27,5)32(29)19-21-35(30,31)6/h24-32H,7-23H2,1-6H3/t25-,26-,27+,28+,29+,30-,31+,32+,34+,35-/m1/s1. The van der Waals surface area contributed by atoms with E-state index in [0.717, 1.165) is 84.8 Å². The van der Waals surface area contributed by atoms with Gasteiger partial charge in [-0.25, -0.2) is 0 Å². The molecular formula is C35H61BrO2. The summed E-state index contributed by atoms with van der Waals surface area (Å²) in [5.74, 6) is 7.16. The zero-order valence-electron chi connectivity index (χ0n) is 25.9. The molecule has 0 saturated heterocycles. The van der Waals surface area contributed by atoms with E-state index in [0.29, 0.717) is 17.3 Å². The predicted molar refractivity (Wildman–Crippen MR) is 164 cm³/mol. The number of ether oxygens (including phenoxy) is 1. The normalized spacial score (nSPS) is 40.2. The zero-order chi connectivity index (χ0) is 27.5. The molecule has 0 aromatic heterocycles.